The zero-order chi connectivity index (χ0) is 20.7. The van der Waals surface area contributed by atoms with E-state index in [2.05, 4.69) is 37.5 Å². The molecule has 4 heteroatoms. The number of hydrogen-bond acceptors (Lipinski definition) is 4. The highest BCUT2D eigenvalue weighted by molar-refractivity contribution is 7.18. The number of carbonyl (C=O) groups excluding carboxylic acids is 1. The molecule has 0 radical (unpaired) electrons. The number of nitrogens with zero attached hydrogens (tertiary/aromatic N) is 2. The quantitative estimate of drug-likeness (QED) is 0.538. The molecule has 0 amide bonds. The Morgan fingerprint density at radius 1 is 1.21 bits per heavy atom. The lowest BCUT2D eigenvalue weighted by Gasteiger charge is -2.49. The lowest BCUT2D eigenvalue weighted by atomic mass is 9.68. The van der Waals surface area contributed by atoms with Crippen LogP contribution in [0.2, 0.25) is 0 Å². The summed E-state index contributed by atoms with van der Waals surface area (Å²) in [6, 6.07) is 12.2. The van der Waals surface area contributed by atoms with E-state index in [1.165, 1.54) is 25.0 Å². The molecule has 2 aromatic rings. The van der Waals surface area contributed by atoms with E-state index in [1.807, 2.05) is 24.3 Å². The van der Waals surface area contributed by atoms with Gasteiger partial charge in [-0.2, -0.15) is 5.26 Å². The minimum atomic E-state index is 0.101. The number of hydrogen-bond donors (Lipinski definition) is 0. The van der Waals surface area contributed by atoms with E-state index in [9.17, 15) is 4.79 Å². The Bertz CT molecular complexity index is 981. The molecule has 4 rings (SSSR count). The molecular weight excluding hydrogens is 376 g/mol. The highest BCUT2D eigenvalue weighted by Crippen LogP contribution is 2.49. The molecule has 3 nitrogen and oxygen atoms in total. The second-order valence-electron chi connectivity index (χ2n) is 8.80. The number of allylic oxidation sites excluding steroid dienone is 1. The van der Waals surface area contributed by atoms with E-state index in [4.69, 9.17) is 5.26 Å². The largest absolute Gasteiger partial charge is 0.341 e. The number of benzene rings is 1. The Hall–Kier alpha value is -2.38. The van der Waals surface area contributed by atoms with Crippen LogP contribution in [0.15, 0.2) is 42.6 Å². The molecule has 2 aliphatic rings. The molecular formula is C25H28N2OS. The van der Waals surface area contributed by atoms with Gasteiger partial charge in [0.2, 0.25) is 0 Å². The van der Waals surface area contributed by atoms with Crippen molar-refractivity contribution in [3.63, 3.8) is 0 Å². The van der Waals surface area contributed by atoms with Gasteiger partial charge in [0.05, 0.1) is 22.2 Å². The molecule has 1 saturated heterocycles. The summed E-state index contributed by atoms with van der Waals surface area (Å²) in [5, 5.41) is 9.05. The van der Waals surface area contributed by atoms with Crippen molar-refractivity contribution < 1.29 is 4.79 Å². The number of ketones is 1. The second-order valence-corrected chi connectivity index (χ2v) is 9.85. The fraction of sp³-hybridized carbons (Fsp3) is 0.440. The maximum atomic E-state index is 12.5. The number of anilines is 1. The standard InChI is InChI=1S/C25H28N2OS/c1-15-5-10-22-17(3)27(16(2)12-21(22)11-15)23-13-24(29-25(23)18(4)28)20-8-6-19(14-26)7-9-20/h6-9,13,15-16,21-22H,3,5,10-12H2,1-2,4H3/t15-,16?,21?,22?/m0/s1. The molecule has 2 fully saturated rings. The molecule has 1 aliphatic carbocycles. The Kier molecular flexibility index (Phi) is 5.36. The first-order valence-corrected chi connectivity index (χ1v) is 11.3. The number of fused-ring (bicyclic) bond motifs is 1. The lowest BCUT2D eigenvalue weighted by molar-refractivity contribution is 0.102. The van der Waals surface area contributed by atoms with Crippen molar-refractivity contribution in [3.8, 4) is 16.5 Å². The van der Waals surface area contributed by atoms with Crippen LogP contribution in [0.3, 0.4) is 0 Å². The number of nitriles is 1. The SMILES string of the molecule is C=C1C2CC[C@H](C)CC2CC(C)N1c1cc(-c2ccc(C#N)cc2)sc1C(C)=O. The Labute approximate surface area is 177 Å². The van der Waals surface area contributed by atoms with Crippen LogP contribution in [-0.2, 0) is 0 Å². The second kappa shape index (κ2) is 7.80. The van der Waals surface area contributed by atoms with E-state index >= 15 is 0 Å². The summed E-state index contributed by atoms with van der Waals surface area (Å²) in [6.45, 7) is 10.8. The minimum Gasteiger partial charge on any atom is -0.341 e. The maximum Gasteiger partial charge on any atom is 0.171 e. The maximum absolute atomic E-state index is 12.5. The van der Waals surface area contributed by atoms with E-state index in [-0.39, 0.29) is 5.78 Å². The normalized spacial score (nSPS) is 26.7. The van der Waals surface area contributed by atoms with Gasteiger partial charge in [0.25, 0.3) is 0 Å². The van der Waals surface area contributed by atoms with Crippen LogP contribution in [0.5, 0.6) is 0 Å². The topological polar surface area (TPSA) is 44.1 Å². The summed E-state index contributed by atoms with van der Waals surface area (Å²) in [6.07, 6.45) is 4.92. The van der Waals surface area contributed by atoms with Gasteiger partial charge in [0.15, 0.2) is 5.78 Å². The van der Waals surface area contributed by atoms with Gasteiger partial charge in [-0.05, 0) is 61.8 Å². The number of thiophene rings is 1. The first-order valence-electron chi connectivity index (χ1n) is 10.5. The summed E-state index contributed by atoms with van der Waals surface area (Å²) < 4.78 is 0. The van der Waals surface area contributed by atoms with E-state index in [1.54, 1.807) is 18.3 Å². The lowest BCUT2D eigenvalue weighted by Crippen LogP contribution is -2.46. The van der Waals surface area contributed by atoms with Gasteiger partial charge in [-0.25, -0.2) is 0 Å². The monoisotopic (exact) mass is 404 g/mol. The van der Waals surface area contributed by atoms with Gasteiger partial charge in [-0.3, -0.25) is 4.79 Å². The Morgan fingerprint density at radius 3 is 2.59 bits per heavy atom. The summed E-state index contributed by atoms with van der Waals surface area (Å²) in [7, 11) is 0. The Morgan fingerprint density at radius 2 is 1.93 bits per heavy atom. The van der Waals surface area contributed by atoms with Gasteiger partial charge in [0.1, 0.15) is 0 Å². The zero-order valence-corrected chi connectivity index (χ0v) is 18.3. The third-order valence-electron chi connectivity index (χ3n) is 6.66. The molecule has 1 aromatic carbocycles. The number of Topliss-reactive ketones (excluding diaryl/α,β-unsaturated/α-hetero) is 1. The summed E-state index contributed by atoms with van der Waals surface area (Å²) in [4.78, 5) is 16.7. The van der Waals surface area contributed by atoms with Crippen molar-refractivity contribution in [1.29, 1.82) is 5.26 Å². The van der Waals surface area contributed by atoms with Crippen LogP contribution in [0.25, 0.3) is 10.4 Å². The van der Waals surface area contributed by atoms with Crippen molar-refractivity contribution >= 4 is 22.8 Å². The predicted molar refractivity (Wildman–Crippen MR) is 120 cm³/mol. The third kappa shape index (κ3) is 3.65. The van der Waals surface area contributed by atoms with Crippen LogP contribution in [0, 0.1) is 29.1 Å². The van der Waals surface area contributed by atoms with Crippen molar-refractivity contribution in [2.75, 3.05) is 4.90 Å². The van der Waals surface area contributed by atoms with Crippen LogP contribution in [0.1, 0.15) is 61.7 Å². The fourth-order valence-corrected chi connectivity index (χ4v) is 6.31. The molecule has 2 heterocycles. The first kappa shape index (κ1) is 19.9. The van der Waals surface area contributed by atoms with Gasteiger partial charge in [-0.15, -0.1) is 11.3 Å². The van der Waals surface area contributed by atoms with E-state index < -0.39 is 0 Å². The fourth-order valence-electron chi connectivity index (χ4n) is 5.26. The molecule has 3 unspecified atom stereocenters. The van der Waals surface area contributed by atoms with Gasteiger partial charge < -0.3 is 4.90 Å². The van der Waals surface area contributed by atoms with Crippen molar-refractivity contribution in [1.82, 2.24) is 0 Å². The summed E-state index contributed by atoms with van der Waals surface area (Å²) in [5.74, 6) is 2.15. The van der Waals surface area contributed by atoms with Gasteiger partial charge >= 0.3 is 0 Å². The highest BCUT2D eigenvalue weighted by atomic mass is 32.1. The molecule has 1 aliphatic heterocycles. The Balaban J connectivity index is 1.71. The summed E-state index contributed by atoms with van der Waals surface area (Å²) >= 11 is 1.55. The predicted octanol–water partition coefficient (Wildman–Crippen LogP) is 6.65. The van der Waals surface area contributed by atoms with E-state index in [0.717, 1.165) is 39.3 Å². The van der Waals surface area contributed by atoms with Crippen molar-refractivity contribution in [2.45, 2.75) is 52.5 Å². The molecule has 4 atom stereocenters. The molecule has 0 spiro atoms. The zero-order valence-electron chi connectivity index (χ0n) is 17.4. The van der Waals surface area contributed by atoms with Crippen LogP contribution in [0.4, 0.5) is 5.69 Å². The molecule has 0 N–H and O–H groups in total. The average molecular weight is 405 g/mol. The molecule has 1 aromatic heterocycles. The summed E-state index contributed by atoms with van der Waals surface area (Å²) in [5.41, 5.74) is 3.89. The minimum absolute atomic E-state index is 0.101. The number of piperidine rings is 1. The molecule has 29 heavy (non-hydrogen) atoms. The van der Waals surface area contributed by atoms with Crippen LogP contribution < -0.4 is 4.90 Å². The van der Waals surface area contributed by atoms with Crippen molar-refractivity contribution in [3.05, 3.63) is 53.0 Å². The van der Waals surface area contributed by atoms with Gasteiger partial charge in [-0.1, -0.05) is 32.1 Å². The molecule has 150 valence electrons. The van der Waals surface area contributed by atoms with Crippen molar-refractivity contribution in [2.24, 2.45) is 17.8 Å². The third-order valence-corrected chi connectivity index (χ3v) is 7.93. The first-order chi connectivity index (χ1) is 13.9. The molecule has 0 bridgehead atoms. The smallest absolute Gasteiger partial charge is 0.171 e. The van der Waals surface area contributed by atoms with Gasteiger partial charge in [0, 0.05) is 29.5 Å². The van der Waals surface area contributed by atoms with Crippen LogP contribution in [-0.4, -0.2) is 11.8 Å². The van der Waals surface area contributed by atoms with Crippen LogP contribution >= 0.6 is 11.3 Å². The molecule has 1 saturated carbocycles. The number of carbonyl (C=O) groups is 1. The number of rotatable bonds is 3. The highest BCUT2D eigenvalue weighted by Gasteiger charge is 2.40. The van der Waals surface area contributed by atoms with E-state index in [0.29, 0.717) is 17.5 Å². The average Bonchev–Trinajstić information content (AvgIpc) is 3.13.